The second kappa shape index (κ2) is 7.14. The summed E-state index contributed by atoms with van der Waals surface area (Å²) in [6.07, 6.45) is 2.80. The van der Waals surface area contributed by atoms with Crippen LogP contribution in [0.3, 0.4) is 0 Å². The summed E-state index contributed by atoms with van der Waals surface area (Å²) >= 11 is 10.9. The van der Waals surface area contributed by atoms with Gasteiger partial charge in [0.15, 0.2) is 0 Å². The first-order valence-corrected chi connectivity index (χ1v) is 9.18. The minimum absolute atomic E-state index is 0.281. The summed E-state index contributed by atoms with van der Waals surface area (Å²) in [6, 6.07) is 3.29. The molecule has 1 aromatic heterocycles. The molecule has 110 valence electrons. The average molecular weight is 380 g/mol. The second-order valence-electron chi connectivity index (χ2n) is 4.89. The number of hydrogen-bond acceptors (Lipinski definition) is 2. The topological polar surface area (TPSA) is 17.8 Å². The van der Waals surface area contributed by atoms with Crippen molar-refractivity contribution in [2.24, 2.45) is 5.92 Å². The van der Waals surface area contributed by atoms with Gasteiger partial charge in [-0.1, -0.05) is 6.92 Å². The number of halogens is 3. The summed E-state index contributed by atoms with van der Waals surface area (Å²) in [6.45, 7) is 3.09. The fraction of sp³-hybridized carbons (Fsp3) is 0.500. The molecule has 6 heteroatoms. The standard InChI is InChI=1S/C14H17BrClFN2S/c1-9(8-20-2)7-19-13-5-10(15)11(17)6-12(13)18-14(19)3-4-16/h5-6,9H,3-4,7-8H2,1-2H3. The van der Waals surface area contributed by atoms with Gasteiger partial charge in [-0.05, 0) is 39.9 Å². The van der Waals surface area contributed by atoms with Crippen LogP contribution >= 0.6 is 39.3 Å². The Labute approximate surface area is 136 Å². The smallest absolute Gasteiger partial charge is 0.139 e. The first kappa shape index (κ1) is 16.1. The highest BCUT2D eigenvalue weighted by Crippen LogP contribution is 2.25. The Morgan fingerprint density at radius 2 is 2.25 bits per heavy atom. The van der Waals surface area contributed by atoms with E-state index in [2.05, 4.69) is 38.7 Å². The lowest BCUT2D eigenvalue weighted by Crippen LogP contribution is -2.13. The van der Waals surface area contributed by atoms with Crippen LogP contribution in [0.5, 0.6) is 0 Å². The van der Waals surface area contributed by atoms with Gasteiger partial charge in [0.2, 0.25) is 0 Å². The first-order valence-electron chi connectivity index (χ1n) is 6.45. The first-order chi connectivity index (χ1) is 9.56. The highest BCUT2D eigenvalue weighted by atomic mass is 79.9. The predicted molar refractivity (Wildman–Crippen MR) is 89.4 cm³/mol. The van der Waals surface area contributed by atoms with Gasteiger partial charge in [0.25, 0.3) is 0 Å². The molecule has 1 unspecified atom stereocenters. The highest BCUT2D eigenvalue weighted by molar-refractivity contribution is 9.10. The van der Waals surface area contributed by atoms with Gasteiger partial charge in [0, 0.05) is 24.9 Å². The number of hydrogen-bond donors (Lipinski definition) is 0. The Morgan fingerprint density at radius 3 is 2.90 bits per heavy atom. The second-order valence-corrected chi connectivity index (χ2v) is 7.04. The molecule has 1 atom stereocenters. The van der Waals surface area contributed by atoms with Crippen LogP contribution in [0.1, 0.15) is 12.7 Å². The van der Waals surface area contributed by atoms with E-state index in [-0.39, 0.29) is 5.82 Å². The Hall–Kier alpha value is -0.260. The zero-order valence-electron chi connectivity index (χ0n) is 11.5. The van der Waals surface area contributed by atoms with Crippen molar-refractivity contribution in [2.45, 2.75) is 19.9 Å². The van der Waals surface area contributed by atoms with Crippen molar-refractivity contribution in [3.05, 3.63) is 28.2 Å². The van der Waals surface area contributed by atoms with Crippen LogP contribution in [-0.2, 0) is 13.0 Å². The number of alkyl halides is 1. The maximum absolute atomic E-state index is 13.6. The van der Waals surface area contributed by atoms with E-state index < -0.39 is 0 Å². The van der Waals surface area contributed by atoms with Gasteiger partial charge in [0.1, 0.15) is 11.6 Å². The molecule has 0 N–H and O–H groups in total. The van der Waals surface area contributed by atoms with Gasteiger partial charge in [-0.2, -0.15) is 11.8 Å². The van der Waals surface area contributed by atoms with E-state index in [1.807, 2.05) is 11.8 Å². The molecular weight excluding hydrogens is 363 g/mol. The van der Waals surface area contributed by atoms with E-state index in [1.165, 1.54) is 6.07 Å². The van der Waals surface area contributed by atoms with Gasteiger partial charge in [-0.25, -0.2) is 9.37 Å². The third-order valence-corrected chi connectivity index (χ3v) is 4.83. The molecule has 1 heterocycles. The number of fused-ring (bicyclic) bond motifs is 1. The zero-order valence-corrected chi connectivity index (χ0v) is 14.7. The fourth-order valence-electron chi connectivity index (χ4n) is 2.30. The van der Waals surface area contributed by atoms with Gasteiger partial charge < -0.3 is 4.57 Å². The molecule has 0 spiro atoms. The molecule has 0 amide bonds. The maximum atomic E-state index is 13.6. The Kier molecular flexibility index (Phi) is 5.75. The molecule has 0 saturated carbocycles. The molecule has 0 fully saturated rings. The molecular formula is C14H17BrClFN2S. The van der Waals surface area contributed by atoms with Gasteiger partial charge in [-0.3, -0.25) is 0 Å². The van der Waals surface area contributed by atoms with E-state index in [9.17, 15) is 4.39 Å². The van der Waals surface area contributed by atoms with Crippen molar-refractivity contribution < 1.29 is 4.39 Å². The molecule has 2 nitrogen and oxygen atoms in total. The number of benzene rings is 1. The van der Waals surface area contributed by atoms with Gasteiger partial charge in [0.05, 0.1) is 15.5 Å². The predicted octanol–water partition coefficient (Wildman–Crippen LogP) is 4.72. The molecule has 2 rings (SSSR count). The molecule has 0 saturated heterocycles. The average Bonchev–Trinajstić information content (AvgIpc) is 2.69. The fourth-order valence-corrected chi connectivity index (χ4v) is 3.47. The van der Waals surface area contributed by atoms with E-state index in [0.717, 1.165) is 23.6 Å². The van der Waals surface area contributed by atoms with Crippen LogP contribution in [0, 0.1) is 11.7 Å². The SMILES string of the molecule is CSCC(C)Cn1c(CCCl)nc2cc(F)c(Br)cc21. The summed E-state index contributed by atoms with van der Waals surface area (Å²) in [5.74, 6) is 2.78. The van der Waals surface area contributed by atoms with E-state index in [4.69, 9.17) is 11.6 Å². The van der Waals surface area contributed by atoms with Crippen LogP contribution in [0.4, 0.5) is 4.39 Å². The summed E-state index contributed by atoms with van der Waals surface area (Å²) in [7, 11) is 0. The van der Waals surface area contributed by atoms with Crippen molar-refractivity contribution in [2.75, 3.05) is 17.9 Å². The van der Waals surface area contributed by atoms with Crippen molar-refractivity contribution in [3.8, 4) is 0 Å². The molecule has 0 bridgehead atoms. The lowest BCUT2D eigenvalue weighted by molar-refractivity contribution is 0.526. The Morgan fingerprint density at radius 1 is 1.50 bits per heavy atom. The van der Waals surface area contributed by atoms with E-state index >= 15 is 0 Å². The third kappa shape index (κ3) is 3.49. The number of imidazole rings is 1. The summed E-state index contributed by atoms with van der Waals surface area (Å²) in [5, 5.41) is 0. The molecule has 0 aliphatic carbocycles. The number of aryl methyl sites for hydroxylation is 1. The third-order valence-electron chi connectivity index (χ3n) is 3.13. The van der Waals surface area contributed by atoms with E-state index in [0.29, 0.717) is 28.2 Å². The molecule has 2 aromatic rings. The van der Waals surface area contributed by atoms with Crippen LogP contribution < -0.4 is 0 Å². The van der Waals surface area contributed by atoms with Crippen molar-refractivity contribution in [1.82, 2.24) is 9.55 Å². The number of nitrogens with zero attached hydrogens (tertiary/aromatic N) is 2. The molecule has 1 aromatic carbocycles. The molecule has 0 aliphatic heterocycles. The summed E-state index contributed by atoms with van der Waals surface area (Å²) in [4.78, 5) is 4.53. The quantitative estimate of drug-likeness (QED) is 0.676. The highest BCUT2D eigenvalue weighted by Gasteiger charge is 2.15. The molecule has 0 radical (unpaired) electrons. The number of rotatable bonds is 6. The van der Waals surface area contributed by atoms with Crippen LogP contribution in [0.25, 0.3) is 11.0 Å². The number of aromatic nitrogens is 2. The summed E-state index contributed by atoms with van der Waals surface area (Å²) < 4.78 is 16.3. The van der Waals surface area contributed by atoms with E-state index in [1.54, 1.807) is 6.07 Å². The summed E-state index contributed by atoms with van der Waals surface area (Å²) in [5.41, 5.74) is 1.66. The van der Waals surface area contributed by atoms with Gasteiger partial charge >= 0.3 is 0 Å². The Balaban J connectivity index is 2.47. The minimum atomic E-state index is -0.281. The Bertz CT molecular complexity index is 602. The minimum Gasteiger partial charge on any atom is -0.328 e. The van der Waals surface area contributed by atoms with Crippen molar-refractivity contribution in [3.63, 3.8) is 0 Å². The number of thioether (sulfide) groups is 1. The molecule has 20 heavy (non-hydrogen) atoms. The monoisotopic (exact) mass is 378 g/mol. The van der Waals surface area contributed by atoms with Crippen molar-refractivity contribution in [1.29, 1.82) is 0 Å². The molecule has 0 aliphatic rings. The van der Waals surface area contributed by atoms with Crippen molar-refractivity contribution >= 4 is 50.3 Å². The normalized spacial score (nSPS) is 13.1. The lowest BCUT2D eigenvalue weighted by atomic mass is 10.2. The van der Waals surface area contributed by atoms with Crippen LogP contribution in [0.2, 0.25) is 0 Å². The van der Waals surface area contributed by atoms with Crippen LogP contribution in [-0.4, -0.2) is 27.4 Å². The lowest BCUT2D eigenvalue weighted by Gasteiger charge is -2.14. The van der Waals surface area contributed by atoms with Gasteiger partial charge in [-0.15, -0.1) is 11.6 Å². The zero-order chi connectivity index (χ0) is 14.7. The largest absolute Gasteiger partial charge is 0.328 e. The van der Waals surface area contributed by atoms with Crippen LogP contribution in [0.15, 0.2) is 16.6 Å². The maximum Gasteiger partial charge on any atom is 0.139 e.